The Morgan fingerprint density at radius 2 is 1.75 bits per heavy atom. The van der Waals surface area contributed by atoms with E-state index in [1.54, 1.807) is 25.1 Å². The molecule has 10 nitrogen and oxygen atoms in total. The number of fused-ring (bicyclic) bond motifs is 1. The lowest BCUT2D eigenvalue weighted by molar-refractivity contribution is -0.117. The van der Waals surface area contributed by atoms with Crippen molar-refractivity contribution in [2.24, 2.45) is 0 Å². The first-order valence-electron chi connectivity index (χ1n) is 9.57. The number of hydrogen-bond acceptors (Lipinski definition) is 6. The van der Waals surface area contributed by atoms with Gasteiger partial charge >= 0.3 is 12.2 Å². The van der Waals surface area contributed by atoms with Crippen LogP contribution in [0.5, 0.6) is 0 Å². The number of amides is 3. The van der Waals surface area contributed by atoms with Gasteiger partial charge in [0, 0.05) is 25.3 Å². The fourth-order valence-electron chi connectivity index (χ4n) is 3.71. The third kappa shape index (κ3) is 4.37. The molecule has 0 radical (unpaired) electrons. The zero-order chi connectivity index (χ0) is 23.8. The molecule has 3 rings (SSSR count). The van der Waals surface area contributed by atoms with Crippen molar-refractivity contribution >= 4 is 45.0 Å². The minimum atomic E-state index is -3.41. The molecule has 3 amide bonds. The Morgan fingerprint density at radius 3 is 2.25 bits per heavy atom. The second-order valence-corrected chi connectivity index (χ2v) is 9.45. The van der Waals surface area contributed by atoms with Gasteiger partial charge in [0.1, 0.15) is 0 Å². The summed E-state index contributed by atoms with van der Waals surface area (Å²) in [5.41, 5.74) is 1.82. The van der Waals surface area contributed by atoms with Gasteiger partial charge in [0.05, 0.1) is 35.1 Å². The molecule has 0 saturated carbocycles. The zero-order valence-corrected chi connectivity index (χ0v) is 18.8. The lowest BCUT2D eigenvalue weighted by Crippen LogP contribution is -2.51. The average molecular weight is 461 g/mol. The van der Waals surface area contributed by atoms with Gasteiger partial charge in [-0.05, 0) is 36.8 Å². The smallest absolute Gasteiger partial charge is 0.411 e. The highest BCUT2D eigenvalue weighted by Crippen LogP contribution is 2.43. The molecule has 11 heteroatoms. The molecular weight excluding hydrogens is 438 g/mol. The van der Waals surface area contributed by atoms with E-state index in [1.807, 2.05) is 0 Å². The Bertz CT molecular complexity index is 1190. The highest BCUT2D eigenvalue weighted by atomic mass is 32.2. The normalized spacial score (nSPS) is 15.7. The second kappa shape index (κ2) is 8.50. The summed E-state index contributed by atoms with van der Waals surface area (Å²) in [6.07, 6.45) is -0.853. The van der Waals surface area contributed by atoms with Gasteiger partial charge < -0.3 is 14.7 Å². The molecule has 0 aromatic heterocycles. The molecule has 2 N–H and O–H groups in total. The Balaban J connectivity index is 2.26. The summed E-state index contributed by atoms with van der Waals surface area (Å²) in [4.78, 5) is 38.9. The molecule has 1 unspecified atom stereocenters. The van der Waals surface area contributed by atoms with E-state index in [9.17, 15) is 27.9 Å². The maximum absolute atomic E-state index is 12.3. The Labute approximate surface area is 185 Å². The standard InChI is InChI=1S/C21H23N3O7S/c1-12-11-23(21(27)28)18-9-16(14-5-7-15(8-6-14)32(4,29)30)17(22-20(26)31-3)10-19(18)24(12)13(2)25/h5-10,12H,11H2,1-4H3,(H,22,26)(H,27,28). The molecule has 1 aliphatic rings. The van der Waals surface area contributed by atoms with Crippen LogP contribution in [0.15, 0.2) is 41.3 Å². The van der Waals surface area contributed by atoms with Crippen molar-refractivity contribution in [3.8, 4) is 11.1 Å². The first-order valence-corrected chi connectivity index (χ1v) is 11.5. The van der Waals surface area contributed by atoms with Gasteiger partial charge in [-0.15, -0.1) is 0 Å². The van der Waals surface area contributed by atoms with Crippen molar-refractivity contribution in [1.82, 2.24) is 0 Å². The number of methoxy groups -OCH3 is 1. The minimum absolute atomic E-state index is 0.0676. The number of carbonyl (C=O) groups is 3. The van der Waals surface area contributed by atoms with Crippen molar-refractivity contribution in [3.05, 3.63) is 36.4 Å². The Kier molecular flexibility index (Phi) is 6.13. The van der Waals surface area contributed by atoms with Gasteiger partial charge in [0.2, 0.25) is 5.91 Å². The molecule has 0 aliphatic carbocycles. The molecule has 170 valence electrons. The molecule has 0 spiro atoms. The van der Waals surface area contributed by atoms with Crippen LogP contribution >= 0.6 is 0 Å². The first-order chi connectivity index (χ1) is 14.9. The molecule has 1 heterocycles. The molecule has 2 aromatic rings. The van der Waals surface area contributed by atoms with Crippen molar-refractivity contribution in [3.63, 3.8) is 0 Å². The fourth-order valence-corrected chi connectivity index (χ4v) is 4.34. The second-order valence-electron chi connectivity index (χ2n) is 7.43. The van der Waals surface area contributed by atoms with Gasteiger partial charge in [-0.3, -0.25) is 15.0 Å². The van der Waals surface area contributed by atoms with E-state index in [0.29, 0.717) is 16.8 Å². The lowest BCUT2D eigenvalue weighted by Gasteiger charge is -2.40. The number of anilines is 3. The van der Waals surface area contributed by atoms with Crippen LogP contribution in [-0.4, -0.2) is 57.6 Å². The minimum Gasteiger partial charge on any atom is -0.465 e. The van der Waals surface area contributed by atoms with Crippen LogP contribution in [0, 0.1) is 0 Å². The third-order valence-electron chi connectivity index (χ3n) is 5.14. The molecule has 2 aromatic carbocycles. The van der Waals surface area contributed by atoms with Gasteiger partial charge in [-0.1, -0.05) is 12.1 Å². The SMILES string of the molecule is COC(=O)Nc1cc2c(cc1-c1ccc(S(C)(=O)=O)cc1)N(C(=O)O)CC(C)N2C(C)=O. The average Bonchev–Trinajstić information content (AvgIpc) is 2.71. The van der Waals surface area contributed by atoms with Crippen LogP contribution in [0.4, 0.5) is 26.7 Å². The molecular formula is C21H23N3O7S. The first kappa shape index (κ1) is 23.1. The van der Waals surface area contributed by atoms with E-state index in [-0.39, 0.29) is 28.7 Å². The van der Waals surface area contributed by atoms with Crippen molar-refractivity contribution in [2.45, 2.75) is 24.8 Å². The highest BCUT2D eigenvalue weighted by Gasteiger charge is 2.35. The number of nitrogens with one attached hydrogen (secondary N) is 1. The number of nitrogens with zero attached hydrogens (tertiary/aromatic N) is 2. The summed E-state index contributed by atoms with van der Waals surface area (Å²) in [5, 5.41) is 12.3. The fraction of sp³-hybridized carbons (Fsp3) is 0.286. The van der Waals surface area contributed by atoms with Crippen LogP contribution in [0.25, 0.3) is 11.1 Å². The maximum atomic E-state index is 12.3. The molecule has 32 heavy (non-hydrogen) atoms. The number of hydrogen-bond donors (Lipinski definition) is 2. The van der Waals surface area contributed by atoms with Gasteiger partial charge in [-0.2, -0.15) is 0 Å². The van der Waals surface area contributed by atoms with E-state index in [2.05, 4.69) is 5.32 Å². The van der Waals surface area contributed by atoms with Crippen molar-refractivity contribution in [1.29, 1.82) is 0 Å². The number of carbonyl (C=O) groups excluding carboxylic acids is 2. The lowest BCUT2D eigenvalue weighted by atomic mass is 9.98. The summed E-state index contributed by atoms with van der Waals surface area (Å²) in [7, 11) is -2.21. The Hall–Kier alpha value is -3.60. The predicted molar refractivity (Wildman–Crippen MR) is 119 cm³/mol. The maximum Gasteiger partial charge on any atom is 0.411 e. The van der Waals surface area contributed by atoms with Crippen molar-refractivity contribution < 1.29 is 32.6 Å². The number of ether oxygens (including phenoxy) is 1. The summed E-state index contributed by atoms with van der Waals surface area (Å²) in [6, 6.07) is 8.59. The summed E-state index contributed by atoms with van der Waals surface area (Å²) in [6.45, 7) is 3.17. The number of sulfone groups is 1. The topological polar surface area (TPSA) is 133 Å². The van der Waals surface area contributed by atoms with E-state index in [1.165, 1.54) is 37.1 Å². The van der Waals surface area contributed by atoms with Gasteiger partial charge in [0.15, 0.2) is 9.84 Å². The third-order valence-corrected chi connectivity index (χ3v) is 6.27. The van der Waals surface area contributed by atoms with Crippen LogP contribution in [0.1, 0.15) is 13.8 Å². The summed E-state index contributed by atoms with van der Waals surface area (Å²) >= 11 is 0. The largest absolute Gasteiger partial charge is 0.465 e. The number of benzene rings is 2. The van der Waals surface area contributed by atoms with Crippen molar-refractivity contribution in [2.75, 3.05) is 35.0 Å². The monoisotopic (exact) mass is 461 g/mol. The number of carboxylic acid groups (broad SMARTS) is 1. The molecule has 1 aliphatic heterocycles. The molecule has 0 saturated heterocycles. The molecule has 0 bridgehead atoms. The Morgan fingerprint density at radius 1 is 1.12 bits per heavy atom. The van der Waals surface area contributed by atoms with E-state index in [4.69, 9.17) is 4.74 Å². The van der Waals surface area contributed by atoms with Crippen LogP contribution in [0.3, 0.4) is 0 Å². The van der Waals surface area contributed by atoms with E-state index in [0.717, 1.165) is 11.2 Å². The van der Waals surface area contributed by atoms with Crippen LogP contribution in [0.2, 0.25) is 0 Å². The molecule has 1 atom stereocenters. The van der Waals surface area contributed by atoms with E-state index >= 15 is 0 Å². The van der Waals surface area contributed by atoms with Gasteiger partial charge in [-0.25, -0.2) is 18.0 Å². The van der Waals surface area contributed by atoms with E-state index < -0.39 is 28.1 Å². The summed E-state index contributed by atoms with van der Waals surface area (Å²) in [5.74, 6) is -0.280. The molecule has 0 fully saturated rings. The quantitative estimate of drug-likeness (QED) is 0.717. The predicted octanol–water partition coefficient (Wildman–Crippen LogP) is 3.17. The van der Waals surface area contributed by atoms with Gasteiger partial charge in [0.25, 0.3) is 0 Å². The van der Waals surface area contributed by atoms with Crippen LogP contribution in [-0.2, 0) is 19.4 Å². The summed E-state index contributed by atoms with van der Waals surface area (Å²) < 4.78 is 28.3. The highest BCUT2D eigenvalue weighted by molar-refractivity contribution is 7.90. The number of rotatable bonds is 3. The zero-order valence-electron chi connectivity index (χ0n) is 17.9. The van der Waals surface area contributed by atoms with Crippen LogP contribution < -0.4 is 15.1 Å².